The average molecular weight is 340 g/mol. The predicted octanol–water partition coefficient (Wildman–Crippen LogP) is 3.00. The monoisotopic (exact) mass is 340 g/mol. The molecule has 5 nitrogen and oxygen atoms in total. The van der Waals surface area contributed by atoms with Crippen molar-refractivity contribution in [1.29, 1.82) is 0 Å². The number of aromatic nitrogens is 1. The molecule has 1 saturated carbocycles. The van der Waals surface area contributed by atoms with Crippen molar-refractivity contribution in [2.75, 3.05) is 26.2 Å². The van der Waals surface area contributed by atoms with E-state index in [1.165, 1.54) is 0 Å². The zero-order valence-corrected chi connectivity index (χ0v) is 15.4. The van der Waals surface area contributed by atoms with E-state index < -0.39 is 5.54 Å². The summed E-state index contributed by atoms with van der Waals surface area (Å²) in [5.41, 5.74) is 1.49. The van der Waals surface area contributed by atoms with Crippen LogP contribution in [0.5, 0.6) is 0 Å². The van der Waals surface area contributed by atoms with Gasteiger partial charge in [0.05, 0.1) is 0 Å². The third kappa shape index (κ3) is 3.85. The van der Waals surface area contributed by atoms with Gasteiger partial charge in [-0.25, -0.2) is 11.6 Å². The molecule has 134 valence electrons. The molecule has 2 fully saturated rings. The highest BCUT2D eigenvalue weighted by atomic mass is 16.2. The van der Waals surface area contributed by atoms with Gasteiger partial charge in [0, 0.05) is 57.7 Å². The third-order valence-electron chi connectivity index (χ3n) is 5.85. The lowest BCUT2D eigenvalue weighted by molar-refractivity contribution is -0.128. The molecular weight excluding hydrogens is 312 g/mol. The first kappa shape index (κ1) is 17.9. The summed E-state index contributed by atoms with van der Waals surface area (Å²) in [6, 6.07) is 6.56. The SMILES string of the molecule is [C-]#[N+]C1(c2cccc(C)n2)CCC(N2CCCN(C(C)=O)CC2)CC1. The third-order valence-corrected chi connectivity index (χ3v) is 5.85. The Morgan fingerprint density at radius 3 is 2.64 bits per heavy atom. The Labute approximate surface area is 150 Å². The quantitative estimate of drug-likeness (QED) is 0.777. The Morgan fingerprint density at radius 1 is 1.24 bits per heavy atom. The van der Waals surface area contributed by atoms with Gasteiger partial charge in [0.2, 0.25) is 5.91 Å². The van der Waals surface area contributed by atoms with E-state index in [2.05, 4.69) is 14.7 Å². The first-order valence-corrected chi connectivity index (χ1v) is 9.36. The number of rotatable bonds is 2. The summed E-state index contributed by atoms with van der Waals surface area (Å²) in [7, 11) is 0. The zero-order valence-electron chi connectivity index (χ0n) is 15.4. The second-order valence-electron chi connectivity index (χ2n) is 7.43. The van der Waals surface area contributed by atoms with Crippen LogP contribution in [0.25, 0.3) is 4.85 Å². The van der Waals surface area contributed by atoms with Crippen LogP contribution in [0.1, 0.15) is 50.4 Å². The van der Waals surface area contributed by atoms with E-state index in [-0.39, 0.29) is 5.91 Å². The van der Waals surface area contributed by atoms with Gasteiger partial charge in [0.1, 0.15) is 5.69 Å². The minimum Gasteiger partial charge on any atom is -0.342 e. The Balaban J connectivity index is 1.65. The maximum atomic E-state index is 11.6. The first-order valence-electron chi connectivity index (χ1n) is 9.36. The number of hydrogen-bond acceptors (Lipinski definition) is 3. The second-order valence-corrected chi connectivity index (χ2v) is 7.43. The molecule has 1 aromatic heterocycles. The van der Waals surface area contributed by atoms with Gasteiger partial charge < -0.3 is 9.74 Å². The highest BCUT2D eigenvalue weighted by molar-refractivity contribution is 5.73. The summed E-state index contributed by atoms with van der Waals surface area (Å²) in [5, 5.41) is 0. The van der Waals surface area contributed by atoms with Crippen LogP contribution in [0.3, 0.4) is 0 Å². The molecule has 2 aliphatic rings. The van der Waals surface area contributed by atoms with Crippen molar-refractivity contribution in [2.45, 2.75) is 57.5 Å². The summed E-state index contributed by atoms with van der Waals surface area (Å²) in [6.07, 6.45) is 4.88. The molecule has 1 amide bonds. The van der Waals surface area contributed by atoms with Crippen molar-refractivity contribution in [3.63, 3.8) is 0 Å². The first-order chi connectivity index (χ1) is 12.0. The van der Waals surface area contributed by atoms with Crippen molar-refractivity contribution >= 4 is 5.91 Å². The number of pyridine rings is 1. The van der Waals surface area contributed by atoms with Gasteiger partial charge in [0.15, 0.2) is 0 Å². The molecule has 0 spiro atoms. The highest BCUT2D eigenvalue weighted by Gasteiger charge is 2.45. The zero-order chi connectivity index (χ0) is 17.9. The standard InChI is InChI=1S/C20H28N4O/c1-16-6-4-7-19(22-16)20(21-3)10-8-18(9-11-20)24-13-5-12-23(14-15-24)17(2)25/h4,6-7,18H,5,8-15H2,1-2H3. The summed E-state index contributed by atoms with van der Waals surface area (Å²) in [6.45, 7) is 15.2. The van der Waals surface area contributed by atoms with Crippen LogP contribution in [-0.4, -0.2) is 52.9 Å². The molecule has 5 heteroatoms. The molecule has 3 rings (SSSR count). The van der Waals surface area contributed by atoms with Crippen LogP contribution >= 0.6 is 0 Å². The molecule has 0 unspecified atom stereocenters. The number of carbonyl (C=O) groups is 1. The molecule has 0 bridgehead atoms. The number of nitrogens with zero attached hydrogens (tertiary/aromatic N) is 4. The lowest BCUT2D eigenvalue weighted by Crippen LogP contribution is -2.43. The molecule has 0 aromatic carbocycles. The van der Waals surface area contributed by atoms with Crippen LogP contribution < -0.4 is 0 Å². The summed E-state index contributed by atoms with van der Waals surface area (Å²) >= 11 is 0. The van der Waals surface area contributed by atoms with Crippen molar-refractivity contribution in [3.8, 4) is 0 Å². The molecule has 0 N–H and O–H groups in total. The molecule has 25 heavy (non-hydrogen) atoms. The summed E-state index contributed by atoms with van der Waals surface area (Å²) in [5.74, 6) is 0.183. The van der Waals surface area contributed by atoms with Gasteiger partial charge in [-0.2, -0.15) is 0 Å². The van der Waals surface area contributed by atoms with Gasteiger partial charge in [0.25, 0.3) is 5.54 Å². The molecule has 2 heterocycles. The molecule has 1 aliphatic heterocycles. The van der Waals surface area contributed by atoms with Crippen LogP contribution in [0, 0.1) is 13.5 Å². The summed E-state index contributed by atoms with van der Waals surface area (Å²) in [4.78, 5) is 24.8. The minimum absolute atomic E-state index is 0.183. The molecule has 1 aliphatic carbocycles. The maximum Gasteiger partial charge on any atom is 0.274 e. The fourth-order valence-corrected chi connectivity index (χ4v) is 4.29. The van der Waals surface area contributed by atoms with E-state index in [9.17, 15) is 4.79 Å². The Kier molecular flexibility index (Phi) is 5.39. The molecule has 0 atom stereocenters. The number of amides is 1. The van der Waals surface area contributed by atoms with Crippen molar-refractivity contribution in [1.82, 2.24) is 14.8 Å². The van der Waals surface area contributed by atoms with Gasteiger partial charge >= 0.3 is 0 Å². The Morgan fingerprint density at radius 2 is 2.00 bits per heavy atom. The van der Waals surface area contributed by atoms with Crippen LogP contribution in [0.4, 0.5) is 0 Å². The van der Waals surface area contributed by atoms with Crippen LogP contribution in [0.2, 0.25) is 0 Å². The number of aryl methyl sites for hydroxylation is 1. The smallest absolute Gasteiger partial charge is 0.274 e. The van der Waals surface area contributed by atoms with Crippen molar-refractivity contribution < 1.29 is 4.79 Å². The predicted molar refractivity (Wildman–Crippen MR) is 98.0 cm³/mol. The van der Waals surface area contributed by atoms with E-state index in [1.54, 1.807) is 6.92 Å². The maximum absolute atomic E-state index is 11.6. The van der Waals surface area contributed by atoms with Gasteiger partial charge in [-0.1, -0.05) is 6.07 Å². The second kappa shape index (κ2) is 7.53. The number of hydrogen-bond donors (Lipinski definition) is 0. The van der Waals surface area contributed by atoms with E-state index in [0.29, 0.717) is 6.04 Å². The van der Waals surface area contributed by atoms with E-state index in [4.69, 9.17) is 6.57 Å². The average Bonchev–Trinajstić information content (AvgIpc) is 2.88. The van der Waals surface area contributed by atoms with Gasteiger partial charge in [-0.3, -0.25) is 9.69 Å². The molecule has 1 saturated heterocycles. The van der Waals surface area contributed by atoms with Crippen LogP contribution in [-0.2, 0) is 10.3 Å². The van der Waals surface area contributed by atoms with Gasteiger partial charge in [-0.05, 0) is 38.3 Å². The largest absolute Gasteiger partial charge is 0.342 e. The van der Waals surface area contributed by atoms with Crippen molar-refractivity contribution in [2.24, 2.45) is 0 Å². The Bertz CT molecular complexity index is 658. The summed E-state index contributed by atoms with van der Waals surface area (Å²) < 4.78 is 0. The fourth-order valence-electron chi connectivity index (χ4n) is 4.29. The molecule has 1 aromatic rings. The van der Waals surface area contributed by atoms with E-state index in [0.717, 1.165) is 69.7 Å². The normalized spacial score (nSPS) is 28.2. The minimum atomic E-state index is -0.445. The lowest BCUT2D eigenvalue weighted by Gasteiger charge is -2.37. The van der Waals surface area contributed by atoms with Gasteiger partial charge in [-0.15, -0.1) is 0 Å². The Hall–Kier alpha value is -1.93. The van der Waals surface area contributed by atoms with E-state index in [1.807, 2.05) is 30.0 Å². The van der Waals surface area contributed by atoms with Crippen LogP contribution in [0.15, 0.2) is 18.2 Å². The highest BCUT2D eigenvalue weighted by Crippen LogP contribution is 2.41. The molecular formula is C20H28N4O. The topological polar surface area (TPSA) is 40.8 Å². The van der Waals surface area contributed by atoms with E-state index >= 15 is 0 Å². The van der Waals surface area contributed by atoms with Crippen molar-refractivity contribution in [3.05, 3.63) is 41.0 Å². The lowest BCUT2D eigenvalue weighted by atomic mass is 9.77. The number of carbonyl (C=O) groups excluding carboxylic acids is 1. The molecule has 0 radical (unpaired) electrons. The fraction of sp³-hybridized carbons (Fsp3) is 0.650.